The standard InChI is InChI=1S/C47H66N2OSi2.2CH3.Zr/c1-17-31-23-21-24-32(18-2)41(31)48-51(13,14)39-29-35(45(5,6)7)27-37-43(39)50-44-38(47(37,11)12)28-36(46(8,9)10)30-40(44)52(15,16)49-42-33(19-3)25-22-26-34(42)20-4;;;/h21-30H,17-20H2,1-16H3;2*1H3;/q-2;2*-1;+4. The van der Waals surface area contributed by atoms with Gasteiger partial charge in [-0.1, -0.05) is 192 Å². The molecule has 1 aliphatic rings. The van der Waals surface area contributed by atoms with Crippen molar-refractivity contribution < 1.29 is 30.9 Å². The van der Waals surface area contributed by atoms with Gasteiger partial charge in [-0.3, -0.25) is 0 Å². The first-order valence-corrected chi connectivity index (χ1v) is 25.7. The van der Waals surface area contributed by atoms with Crippen molar-refractivity contribution >= 4 is 38.2 Å². The number of nitrogens with zero attached hydrogens (tertiary/aromatic N) is 2. The zero-order valence-corrected chi connectivity index (χ0v) is 42.4. The summed E-state index contributed by atoms with van der Waals surface area (Å²) in [6.07, 6.45) is 3.88. The quantitative estimate of drug-likeness (QED) is 0.116. The van der Waals surface area contributed by atoms with Gasteiger partial charge in [0.2, 0.25) is 0 Å². The number of aryl methyl sites for hydroxylation is 4. The van der Waals surface area contributed by atoms with Gasteiger partial charge >= 0.3 is 26.2 Å². The fourth-order valence-electron chi connectivity index (χ4n) is 7.83. The molecule has 0 spiro atoms. The summed E-state index contributed by atoms with van der Waals surface area (Å²) in [6, 6.07) is 23.2. The van der Waals surface area contributed by atoms with Crippen molar-refractivity contribution in [3.05, 3.63) is 130 Å². The monoisotopic (exact) mass is 850 g/mol. The van der Waals surface area contributed by atoms with E-state index in [1.165, 1.54) is 66.3 Å². The van der Waals surface area contributed by atoms with Gasteiger partial charge in [0.05, 0.1) is 0 Å². The SMILES string of the molecule is CCc1cccc(CC)c1[N-][Si](C)(C)c1cc(C(C)(C)C)cc2c1Oc1c(cc(C(C)(C)C)cc1[Si](C)(C)[N-]c1c(CC)cccc1CC)C2(C)C.[CH3-].[CH3-].[Zr+4]. The molecule has 0 N–H and O–H groups in total. The van der Waals surface area contributed by atoms with E-state index in [1.54, 1.807) is 0 Å². The molecule has 3 nitrogen and oxygen atoms in total. The van der Waals surface area contributed by atoms with Crippen LogP contribution in [0.2, 0.25) is 26.2 Å². The molecule has 0 aliphatic carbocycles. The molecule has 0 radical (unpaired) electrons. The Kier molecular flexibility index (Phi) is 15.6. The smallest absolute Gasteiger partial charge is 0.683 e. The Bertz CT molecular complexity index is 1780. The van der Waals surface area contributed by atoms with Gasteiger partial charge in [0.15, 0.2) is 0 Å². The van der Waals surface area contributed by atoms with Crippen molar-refractivity contribution in [1.82, 2.24) is 0 Å². The van der Waals surface area contributed by atoms with E-state index in [0.29, 0.717) is 0 Å². The molecule has 6 heteroatoms. The number of benzene rings is 4. The number of hydrogen-bond acceptors (Lipinski definition) is 1. The second kappa shape index (κ2) is 17.6. The Balaban J connectivity index is 0.00000348. The van der Waals surface area contributed by atoms with Crippen LogP contribution in [0.4, 0.5) is 11.4 Å². The summed E-state index contributed by atoms with van der Waals surface area (Å²) in [6.45, 7) is 37.5. The Morgan fingerprint density at radius 2 is 0.836 bits per heavy atom. The second-order valence-electron chi connectivity index (χ2n) is 18.6. The van der Waals surface area contributed by atoms with Crippen molar-refractivity contribution in [1.29, 1.82) is 0 Å². The van der Waals surface area contributed by atoms with E-state index in [1.807, 2.05) is 0 Å². The zero-order valence-electron chi connectivity index (χ0n) is 37.9. The van der Waals surface area contributed by atoms with Crippen LogP contribution < -0.4 is 15.1 Å². The van der Waals surface area contributed by atoms with Crippen LogP contribution in [0.5, 0.6) is 11.5 Å². The molecule has 1 heterocycles. The van der Waals surface area contributed by atoms with Crippen LogP contribution in [0.25, 0.3) is 9.96 Å². The predicted octanol–water partition coefficient (Wildman–Crippen LogP) is 14.1. The maximum atomic E-state index is 7.53. The van der Waals surface area contributed by atoms with E-state index < -0.39 is 16.5 Å². The molecule has 0 atom stereocenters. The Hall–Kier alpha value is -2.40. The molecule has 0 saturated carbocycles. The van der Waals surface area contributed by atoms with Crippen LogP contribution in [-0.2, 0) is 68.1 Å². The first-order valence-electron chi connectivity index (χ1n) is 19.8. The van der Waals surface area contributed by atoms with E-state index in [9.17, 15) is 0 Å². The molecule has 0 amide bonds. The first-order chi connectivity index (χ1) is 24.1. The van der Waals surface area contributed by atoms with E-state index in [2.05, 4.69) is 170 Å². The van der Waals surface area contributed by atoms with E-state index in [0.717, 1.165) is 37.2 Å². The fraction of sp³-hybridized carbons (Fsp3) is 0.469. The van der Waals surface area contributed by atoms with E-state index >= 15 is 0 Å². The summed E-state index contributed by atoms with van der Waals surface area (Å²) in [4.78, 5) is 11.6. The van der Waals surface area contributed by atoms with Crippen LogP contribution in [0.1, 0.15) is 128 Å². The number of rotatable bonds is 10. The van der Waals surface area contributed by atoms with Gasteiger partial charge in [0, 0.05) is 16.5 Å². The van der Waals surface area contributed by atoms with Gasteiger partial charge in [-0.15, -0.1) is 11.4 Å². The maximum absolute atomic E-state index is 7.53. The van der Waals surface area contributed by atoms with Gasteiger partial charge in [-0.25, -0.2) is 0 Å². The Morgan fingerprint density at radius 1 is 0.545 bits per heavy atom. The summed E-state index contributed by atoms with van der Waals surface area (Å²) in [5.74, 6) is 2.05. The summed E-state index contributed by atoms with van der Waals surface area (Å²) >= 11 is 0. The first kappa shape index (κ1) is 48.7. The molecule has 0 aromatic heterocycles. The van der Waals surface area contributed by atoms with Crippen LogP contribution in [0.3, 0.4) is 0 Å². The van der Waals surface area contributed by atoms with Crippen LogP contribution in [0.15, 0.2) is 60.7 Å². The summed E-state index contributed by atoms with van der Waals surface area (Å²) in [5, 5.41) is 2.57. The zero-order chi connectivity index (χ0) is 38.6. The third-order valence-electron chi connectivity index (χ3n) is 11.5. The number of ether oxygens (including phenoxy) is 1. The topological polar surface area (TPSA) is 37.4 Å². The Labute approximate surface area is 359 Å². The van der Waals surface area contributed by atoms with Gasteiger partial charge in [0.25, 0.3) is 0 Å². The number of fused-ring (bicyclic) bond motifs is 2. The second-order valence-corrected chi connectivity index (χ2v) is 26.4. The molecule has 0 saturated heterocycles. The van der Waals surface area contributed by atoms with E-state index in [4.69, 9.17) is 14.7 Å². The van der Waals surface area contributed by atoms with E-state index in [-0.39, 0.29) is 57.3 Å². The minimum Gasteiger partial charge on any atom is -0.683 e. The molecular weight excluding hydrogens is 780 g/mol. The third-order valence-corrected chi connectivity index (χ3v) is 16.4. The fourth-order valence-corrected chi connectivity index (χ4v) is 12.3. The van der Waals surface area contributed by atoms with Crippen LogP contribution in [-0.4, -0.2) is 16.5 Å². The molecular formula is C49H72N2OSi2Zr. The largest absolute Gasteiger partial charge is 4.00 e. The minimum atomic E-state index is -2.49. The van der Waals surface area contributed by atoms with Gasteiger partial charge in [-0.2, -0.15) is 0 Å². The average molecular weight is 853 g/mol. The van der Waals surface area contributed by atoms with Crippen molar-refractivity contribution in [3.8, 4) is 11.5 Å². The molecule has 55 heavy (non-hydrogen) atoms. The normalized spacial score (nSPS) is 13.6. The molecule has 0 unspecified atom stereocenters. The van der Waals surface area contributed by atoms with Crippen LogP contribution >= 0.6 is 0 Å². The van der Waals surface area contributed by atoms with Crippen LogP contribution in [0, 0.1) is 14.9 Å². The Morgan fingerprint density at radius 3 is 1.09 bits per heavy atom. The van der Waals surface area contributed by atoms with Gasteiger partial charge in [0.1, 0.15) is 11.5 Å². The van der Waals surface area contributed by atoms with Crippen molar-refractivity contribution in [2.75, 3.05) is 0 Å². The molecule has 296 valence electrons. The molecule has 4 aromatic carbocycles. The van der Waals surface area contributed by atoms with Crippen molar-refractivity contribution in [3.63, 3.8) is 0 Å². The number of hydrogen-bond donors (Lipinski definition) is 0. The molecule has 0 fully saturated rings. The summed E-state index contributed by atoms with van der Waals surface area (Å²) in [5.41, 5.74) is 12.6. The molecule has 0 bridgehead atoms. The summed E-state index contributed by atoms with van der Waals surface area (Å²) < 4.78 is 7.53. The summed E-state index contributed by atoms with van der Waals surface area (Å²) in [7, 11) is -4.98. The van der Waals surface area contributed by atoms with Crippen molar-refractivity contribution in [2.45, 2.75) is 151 Å². The average Bonchev–Trinajstić information content (AvgIpc) is 3.06. The van der Waals surface area contributed by atoms with Gasteiger partial charge < -0.3 is 29.6 Å². The predicted molar refractivity (Wildman–Crippen MR) is 246 cm³/mol. The molecule has 4 aromatic rings. The maximum Gasteiger partial charge on any atom is 4.00 e. The van der Waals surface area contributed by atoms with Crippen molar-refractivity contribution in [2.24, 2.45) is 0 Å². The minimum absolute atomic E-state index is 0. The molecule has 1 aliphatic heterocycles. The van der Waals surface area contributed by atoms with Gasteiger partial charge in [-0.05, 0) is 74.5 Å². The molecule has 5 rings (SSSR count). The third kappa shape index (κ3) is 9.50.